The molecule has 1 amide bonds. The Labute approximate surface area is 136 Å². The van der Waals surface area contributed by atoms with E-state index in [-0.39, 0.29) is 24.1 Å². The molecule has 0 aliphatic carbocycles. The van der Waals surface area contributed by atoms with Gasteiger partial charge in [0.05, 0.1) is 11.3 Å². The molecule has 3 heterocycles. The molecular formula is C13H19ClN4O3S. The van der Waals surface area contributed by atoms with E-state index in [0.29, 0.717) is 30.5 Å². The number of carbonyl (C=O) groups is 1. The average molecular weight is 347 g/mol. The van der Waals surface area contributed by atoms with Crippen LogP contribution >= 0.6 is 12.4 Å². The van der Waals surface area contributed by atoms with Crippen LogP contribution in [0, 0.1) is 0 Å². The molecule has 0 aromatic rings. The van der Waals surface area contributed by atoms with Crippen LogP contribution in [0.3, 0.4) is 0 Å². The number of amides is 1. The van der Waals surface area contributed by atoms with Crippen molar-refractivity contribution in [3.63, 3.8) is 0 Å². The summed E-state index contributed by atoms with van der Waals surface area (Å²) in [6.07, 6.45) is 7.05. The summed E-state index contributed by atoms with van der Waals surface area (Å²) in [5, 5.41) is 6.22. The van der Waals surface area contributed by atoms with E-state index >= 15 is 0 Å². The van der Waals surface area contributed by atoms with Gasteiger partial charge in [0.15, 0.2) is 0 Å². The van der Waals surface area contributed by atoms with Crippen LogP contribution in [0.1, 0.15) is 12.8 Å². The van der Waals surface area contributed by atoms with E-state index in [1.807, 2.05) is 0 Å². The van der Waals surface area contributed by atoms with E-state index in [2.05, 4.69) is 15.0 Å². The van der Waals surface area contributed by atoms with Crippen LogP contribution in [-0.4, -0.2) is 56.5 Å². The molecule has 0 bridgehead atoms. The summed E-state index contributed by atoms with van der Waals surface area (Å²) in [5.74, 6) is 0.199. The highest BCUT2D eigenvalue weighted by molar-refractivity contribution is 7.90. The van der Waals surface area contributed by atoms with Crippen molar-refractivity contribution in [2.75, 3.05) is 25.4 Å². The number of nitrogens with one attached hydrogen (secondary N) is 2. The molecule has 22 heavy (non-hydrogen) atoms. The second kappa shape index (κ2) is 6.80. The molecule has 2 N–H and O–H groups in total. The largest absolute Gasteiger partial charge is 0.350 e. The van der Waals surface area contributed by atoms with Gasteiger partial charge >= 0.3 is 0 Å². The number of hydrogen-bond donors (Lipinski definition) is 2. The maximum Gasteiger partial charge on any atom is 0.256 e. The van der Waals surface area contributed by atoms with Crippen LogP contribution in [0.2, 0.25) is 0 Å². The summed E-state index contributed by atoms with van der Waals surface area (Å²) in [6.45, 7) is 1.94. The Morgan fingerprint density at radius 3 is 3.00 bits per heavy atom. The molecule has 0 spiro atoms. The monoisotopic (exact) mass is 346 g/mol. The van der Waals surface area contributed by atoms with E-state index in [1.165, 1.54) is 0 Å². The van der Waals surface area contributed by atoms with Crippen molar-refractivity contribution in [3.05, 3.63) is 23.9 Å². The quantitative estimate of drug-likeness (QED) is 0.737. The SMILES string of the molecule is Cl.O=C(NCC1CCCN1)C1=CN2CCS(=O)(=O)N=C2C=C1. The first-order valence-corrected chi connectivity index (χ1v) is 8.65. The van der Waals surface area contributed by atoms with Gasteiger partial charge in [0.2, 0.25) is 0 Å². The topological polar surface area (TPSA) is 90.9 Å². The van der Waals surface area contributed by atoms with Crippen molar-refractivity contribution in [2.24, 2.45) is 4.40 Å². The Morgan fingerprint density at radius 1 is 1.45 bits per heavy atom. The minimum atomic E-state index is -3.36. The molecule has 1 fully saturated rings. The molecule has 1 unspecified atom stereocenters. The van der Waals surface area contributed by atoms with Crippen molar-refractivity contribution in [1.82, 2.24) is 15.5 Å². The maximum atomic E-state index is 12.1. The van der Waals surface area contributed by atoms with E-state index in [1.54, 1.807) is 23.3 Å². The molecule has 3 aliphatic rings. The predicted octanol–water partition coefficient (Wildman–Crippen LogP) is -0.226. The first-order valence-electron chi connectivity index (χ1n) is 7.04. The molecule has 122 valence electrons. The van der Waals surface area contributed by atoms with Gasteiger partial charge in [-0.25, -0.2) is 8.42 Å². The molecule has 0 aromatic heterocycles. The van der Waals surface area contributed by atoms with E-state index in [0.717, 1.165) is 19.4 Å². The molecule has 1 saturated heterocycles. The Morgan fingerprint density at radius 2 is 2.27 bits per heavy atom. The number of hydrogen-bond acceptors (Lipinski definition) is 5. The number of fused-ring (bicyclic) bond motifs is 1. The van der Waals surface area contributed by atoms with Gasteiger partial charge in [-0.15, -0.1) is 16.8 Å². The lowest BCUT2D eigenvalue weighted by Crippen LogP contribution is -2.40. The minimum absolute atomic E-state index is 0. The van der Waals surface area contributed by atoms with Crippen molar-refractivity contribution in [1.29, 1.82) is 0 Å². The zero-order valence-electron chi connectivity index (χ0n) is 12.0. The molecule has 3 aliphatic heterocycles. The maximum absolute atomic E-state index is 12.1. The molecule has 0 aromatic carbocycles. The van der Waals surface area contributed by atoms with Crippen LogP contribution in [0.15, 0.2) is 28.3 Å². The van der Waals surface area contributed by atoms with E-state index in [9.17, 15) is 13.2 Å². The fraction of sp³-hybridized carbons (Fsp3) is 0.538. The highest BCUT2D eigenvalue weighted by Gasteiger charge is 2.25. The summed E-state index contributed by atoms with van der Waals surface area (Å²) in [6, 6.07) is 0.347. The number of nitrogens with zero attached hydrogens (tertiary/aromatic N) is 2. The number of halogens is 1. The van der Waals surface area contributed by atoms with Crippen molar-refractivity contribution < 1.29 is 13.2 Å². The Hall–Kier alpha value is -1.38. The van der Waals surface area contributed by atoms with Gasteiger partial charge in [-0.3, -0.25) is 4.79 Å². The number of sulfonamides is 1. The Kier molecular flexibility index (Phi) is 5.25. The highest BCUT2D eigenvalue weighted by Crippen LogP contribution is 2.15. The van der Waals surface area contributed by atoms with Crippen LogP contribution in [0.25, 0.3) is 0 Å². The van der Waals surface area contributed by atoms with Crippen molar-refractivity contribution in [2.45, 2.75) is 18.9 Å². The average Bonchev–Trinajstić information content (AvgIpc) is 2.96. The van der Waals surface area contributed by atoms with Gasteiger partial charge in [0.1, 0.15) is 5.84 Å². The minimum Gasteiger partial charge on any atom is -0.350 e. The molecule has 7 nitrogen and oxygen atoms in total. The van der Waals surface area contributed by atoms with Gasteiger partial charge in [-0.1, -0.05) is 0 Å². The summed E-state index contributed by atoms with van der Waals surface area (Å²) < 4.78 is 26.5. The third kappa shape index (κ3) is 3.88. The van der Waals surface area contributed by atoms with Gasteiger partial charge < -0.3 is 15.5 Å². The van der Waals surface area contributed by atoms with Gasteiger partial charge in [-0.2, -0.15) is 0 Å². The lowest BCUT2D eigenvalue weighted by atomic mass is 10.1. The fourth-order valence-electron chi connectivity index (χ4n) is 2.58. The van der Waals surface area contributed by atoms with E-state index < -0.39 is 10.0 Å². The fourth-order valence-corrected chi connectivity index (χ4v) is 3.55. The molecule has 0 radical (unpaired) electrons. The molecule has 3 rings (SSSR count). The van der Waals surface area contributed by atoms with E-state index in [4.69, 9.17) is 0 Å². The van der Waals surface area contributed by atoms with Gasteiger partial charge in [0, 0.05) is 25.3 Å². The van der Waals surface area contributed by atoms with Gasteiger partial charge in [0.25, 0.3) is 15.9 Å². The van der Waals surface area contributed by atoms with Crippen LogP contribution in [-0.2, 0) is 14.8 Å². The second-order valence-electron chi connectivity index (χ2n) is 5.35. The highest BCUT2D eigenvalue weighted by atomic mass is 35.5. The van der Waals surface area contributed by atoms with Gasteiger partial charge in [-0.05, 0) is 31.5 Å². The molecule has 9 heteroatoms. The summed E-state index contributed by atoms with van der Waals surface area (Å²) in [4.78, 5) is 13.8. The first kappa shape index (κ1) is 17.0. The molecule has 1 atom stereocenters. The summed E-state index contributed by atoms with van der Waals surface area (Å²) in [7, 11) is -3.36. The zero-order chi connectivity index (χ0) is 14.9. The Bertz CT molecular complexity index is 636. The smallest absolute Gasteiger partial charge is 0.256 e. The number of carbonyl (C=O) groups excluding carboxylic acids is 1. The van der Waals surface area contributed by atoms with Crippen molar-refractivity contribution in [3.8, 4) is 0 Å². The summed E-state index contributed by atoms with van der Waals surface area (Å²) in [5.41, 5.74) is 0.520. The summed E-state index contributed by atoms with van der Waals surface area (Å²) >= 11 is 0. The van der Waals surface area contributed by atoms with Crippen LogP contribution < -0.4 is 10.6 Å². The molecule has 0 saturated carbocycles. The third-order valence-electron chi connectivity index (χ3n) is 3.76. The Balaban J connectivity index is 0.00000176. The first-order chi connectivity index (χ1) is 10.0. The predicted molar refractivity (Wildman–Crippen MR) is 86.4 cm³/mol. The third-order valence-corrected chi connectivity index (χ3v) is 4.92. The number of rotatable bonds is 3. The van der Waals surface area contributed by atoms with Crippen LogP contribution in [0.4, 0.5) is 0 Å². The standard InChI is InChI=1S/C13H18N4O3S.ClH/c18-13(15-8-11-2-1-5-14-11)10-3-4-12-16-21(19,20)7-6-17(12)9-10;/h3-4,9,11,14H,1-2,5-8H2,(H,15,18);1H. The normalized spacial score (nSPS) is 25.6. The van der Waals surface area contributed by atoms with Crippen molar-refractivity contribution >= 4 is 34.2 Å². The lowest BCUT2D eigenvalue weighted by Gasteiger charge is -2.27. The zero-order valence-corrected chi connectivity index (χ0v) is 13.6. The lowest BCUT2D eigenvalue weighted by molar-refractivity contribution is -0.117. The second-order valence-corrected chi connectivity index (χ2v) is 7.10. The van der Waals surface area contributed by atoms with Crippen LogP contribution in [0.5, 0.6) is 0 Å². The number of amidine groups is 1. The molecular weight excluding hydrogens is 328 g/mol.